The van der Waals surface area contributed by atoms with Crippen LogP contribution in [0, 0.1) is 0 Å². The van der Waals surface area contributed by atoms with Gasteiger partial charge in [-0.15, -0.1) is 0 Å². The van der Waals surface area contributed by atoms with E-state index >= 15 is 0 Å². The molecule has 0 saturated heterocycles. The third-order valence-corrected chi connectivity index (χ3v) is 0.927. The largest absolute Gasteiger partial charge is 0.478 e. The van der Waals surface area contributed by atoms with Gasteiger partial charge >= 0.3 is 5.97 Å². The normalized spacial score (nSPS) is 8.00. The number of aromatic nitrogens is 1. The van der Waals surface area contributed by atoms with E-state index in [1.165, 1.54) is 24.5 Å². The van der Waals surface area contributed by atoms with Gasteiger partial charge in [-0.25, -0.2) is 4.79 Å². The van der Waals surface area contributed by atoms with E-state index in [2.05, 4.69) is 4.98 Å². The molecule has 1 N–H and O–H groups in total. The van der Waals surface area contributed by atoms with Crippen LogP contribution >= 0.6 is 0 Å². The third-order valence-electron chi connectivity index (χ3n) is 0.927. The molecule has 0 aliphatic carbocycles. The summed E-state index contributed by atoms with van der Waals surface area (Å²) >= 11 is 0. The molecule has 0 fully saturated rings. The fourth-order valence-electron chi connectivity index (χ4n) is 0.494. The smallest absolute Gasteiger partial charge is 0.335 e. The first kappa shape index (κ1) is 9.14. The van der Waals surface area contributed by atoms with E-state index in [9.17, 15) is 4.79 Å². The van der Waals surface area contributed by atoms with Crippen LogP contribution in [0.3, 0.4) is 0 Å². The molecule has 1 radical (unpaired) electrons. The van der Waals surface area contributed by atoms with Crippen molar-refractivity contribution in [3.8, 4) is 0 Å². The van der Waals surface area contributed by atoms with Crippen molar-refractivity contribution in [3.05, 3.63) is 30.1 Å². The summed E-state index contributed by atoms with van der Waals surface area (Å²) in [5.41, 5.74) is 0.269. The molecule has 0 amide bonds. The molecular weight excluding hydrogens is 182 g/mol. The minimum Gasteiger partial charge on any atom is -0.478 e. The molecular formula is C6H5CuNO2. The van der Waals surface area contributed by atoms with E-state index < -0.39 is 5.97 Å². The van der Waals surface area contributed by atoms with Crippen molar-refractivity contribution in [2.45, 2.75) is 0 Å². The Hall–Kier alpha value is -0.861. The molecule has 0 unspecified atom stereocenters. The summed E-state index contributed by atoms with van der Waals surface area (Å²) in [6, 6.07) is 2.89. The van der Waals surface area contributed by atoms with Crippen molar-refractivity contribution < 1.29 is 27.0 Å². The summed E-state index contributed by atoms with van der Waals surface area (Å²) in [4.78, 5) is 13.8. The van der Waals surface area contributed by atoms with Gasteiger partial charge in [-0.3, -0.25) is 4.98 Å². The molecule has 1 heterocycles. The van der Waals surface area contributed by atoms with Gasteiger partial charge in [-0.05, 0) is 12.1 Å². The SMILES string of the molecule is O=C(O)c1ccncc1.[Cu]. The Morgan fingerprint density at radius 2 is 1.90 bits per heavy atom. The van der Waals surface area contributed by atoms with Gasteiger partial charge in [-0.1, -0.05) is 0 Å². The van der Waals surface area contributed by atoms with Crippen molar-refractivity contribution in [1.82, 2.24) is 4.98 Å². The van der Waals surface area contributed by atoms with Gasteiger partial charge in [-0.2, -0.15) is 0 Å². The molecule has 0 aromatic carbocycles. The average Bonchev–Trinajstić information content (AvgIpc) is 1.90. The zero-order valence-electron chi connectivity index (χ0n) is 4.91. The number of pyridine rings is 1. The first-order valence-electron chi connectivity index (χ1n) is 2.44. The zero-order chi connectivity index (χ0) is 6.69. The van der Waals surface area contributed by atoms with Crippen molar-refractivity contribution >= 4 is 5.97 Å². The summed E-state index contributed by atoms with van der Waals surface area (Å²) < 4.78 is 0. The molecule has 1 aromatic heterocycles. The van der Waals surface area contributed by atoms with Crippen molar-refractivity contribution in [2.24, 2.45) is 0 Å². The first-order valence-corrected chi connectivity index (χ1v) is 2.44. The third kappa shape index (κ3) is 2.17. The minimum absolute atomic E-state index is 0. The van der Waals surface area contributed by atoms with Crippen LogP contribution in [0.25, 0.3) is 0 Å². The summed E-state index contributed by atoms with van der Waals surface area (Å²) in [6.45, 7) is 0. The number of carbonyl (C=O) groups is 1. The number of carboxylic acid groups (broad SMARTS) is 1. The van der Waals surface area contributed by atoms with Gasteiger partial charge in [0.15, 0.2) is 0 Å². The fraction of sp³-hybridized carbons (Fsp3) is 0. The van der Waals surface area contributed by atoms with Gasteiger partial charge in [0.1, 0.15) is 0 Å². The predicted octanol–water partition coefficient (Wildman–Crippen LogP) is 0.777. The van der Waals surface area contributed by atoms with Crippen LogP contribution in [0.2, 0.25) is 0 Å². The van der Waals surface area contributed by atoms with Crippen molar-refractivity contribution in [2.75, 3.05) is 0 Å². The average molecular weight is 187 g/mol. The van der Waals surface area contributed by atoms with E-state index in [1.54, 1.807) is 0 Å². The minimum atomic E-state index is -0.919. The number of rotatable bonds is 1. The number of hydrogen-bond acceptors (Lipinski definition) is 2. The molecule has 1 rings (SSSR count). The Morgan fingerprint density at radius 3 is 2.20 bits per heavy atom. The fourth-order valence-corrected chi connectivity index (χ4v) is 0.494. The van der Waals surface area contributed by atoms with Crippen LogP contribution in [0.1, 0.15) is 10.4 Å². The van der Waals surface area contributed by atoms with E-state index in [-0.39, 0.29) is 22.6 Å². The van der Waals surface area contributed by atoms with Crippen molar-refractivity contribution in [3.63, 3.8) is 0 Å². The Balaban J connectivity index is 0.000000810. The van der Waals surface area contributed by atoms with Gasteiger partial charge < -0.3 is 5.11 Å². The molecule has 0 atom stereocenters. The maximum absolute atomic E-state index is 10.2. The molecule has 0 saturated carbocycles. The summed E-state index contributed by atoms with van der Waals surface area (Å²) in [6.07, 6.45) is 2.90. The molecule has 4 heteroatoms. The van der Waals surface area contributed by atoms with Gasteiger partial charge in [0.05, 0.1) is 5.56 Å². The molecule has 0 bridgehead atoms. The van der Waals surface area contributed by atoms with Crippen molar-refractivity contribution in [1.29, 1.82) is 0 Å². The molecule has 57 valence electrons. The maximum atomic E-state index is 10.2. The second kappa shape index (κ2) is 4.04. The standard InChI is InChI=1S/C6H5NO2.Cu/c8-6(9)5-1-3-7-4-2-5;/h1-4H,(H,8,9);. The van der Waals surface area contributed by atoms with Gasteiger partial charge in [0.25, 0.3) is 0 Å². The Morgan fingerprint density at radius 1 is 1.40 bits per heavy atom. The van der Waals surface area contributed by atoms with E-state index in [0.717, 1.165) is 0 Å². The molecule has 1 aromatic rings. The van der Waals surface area contributed by atoms with Crippen LogP contribution in [0.15, 0.2) is 24.5 Å². The van der Waals surface area contributed by atoms with Crippen LogP contribution in [-0.2, 0) is 17.1 Å². The van der Waals surface area contributed by atoms with Crippen LogP contribution in [0.5, 0.6) is 0 Å². The van der Waals surface area contributed by atoms with E-state index in [1.807, 2.05) is 0 Å². The van der Waals surface area contributed by atoms with Gasteiger partial charge in [0.2, 0.25) is 0 Å². The Labute approximate surface area is 68.6 Å². The summed E-state index contributed by atoms with van der Waals surface area (Å²) in [5.74, 6) is -0.919. The van der Waals surface area contributed by atoms with Crippen LogP contribution in [0.4, 0.5) is 0 Å². The Bertz CT molecular complexity index is 212. The zero-order valence-corrected chi connectivity index (χ0v) is 5.86. The number of aromatic carboxylic acids is 1. The molecule has 0 spiro atoms. The summed E-state index contributed by atoms with van der Waals surface area (Å²) in [7, 11) is 0. The molecule has 3 nitrogen and oxygen atoms in total. The molecule has 0 aliphatic rings. The quantitative estimate of drug-likeness (QED) is 0.660. The monoisotopic (exact) mass is 186 g/mol. The Kier molecular flexibility index (Phi) is 3.69. The second-order valence-electron chi connectivity index (χ2n) is 1.54. The predicted molar refractivity (Wildman–Crippen MR) is 31.2 cm³/mol. The topological polar surface area (TPSA) is 50.2 Å². The van der Waals surface area contributed by atoms with Gasteiger partial charge in [0, 0.05) is 29.5 Å². The van der Waals surface area contributed by atoms with E-state index in [4.69, 9.17) is 5.11 Å². The summed E-state index contributed by atoms with van der Waals surface area (Å²) in [5, 5.41) is 8.36. The van der Waals surface area contributed by atoms with Crippen LogP contribution < -0.4 is 0 Å². The van der Waals surface area contributed by atoms with E-state index in [0.29, 0.717) is 0 Å². The molecule has 0 aliphatic heterocycles. The maximum Gasteiger partial charge on any atom is 0.335 e. The van der Waals surface area contributed by atoms with Crippen LogP contribution in [-0.4, -0.2) is 16.1 Å². The molecule has 10 heavy (non-hydrogen) atoms. The second-order valence-corrected chi connectivity index (χ2v) is 1.54. The number of carboxylic acids is 1. The number of nitrogens with zero attached hydrogens (tertiary/aromatic N) is 1. The first-order chi connectivity index (χ1) is 4.30. The number of hydrogen-bond donors (Lipinski definition) is 1.